The molecule has 3 rings (SSSR count). The Bertz CT molecular complexity index is 1470. The van der Waals surface area contributed by atoms with Crippen molar-refractivity contribution >= 4 is 73.6 Å². The lowest BCUT2D eigenvalue weighted by Gasteiger charge is -2.14. The average molecular weight is 612 g/mol. The molecule has 2 heterocycles. The number of nitrogens with two attached hydrogens (primary N) is 2. The quantitative estimate of drug-likeness (QED) is 0.109. The smallest absolute Gasteiger partial charge is 0.480 e. The molecule has 3 aromatic rings. The summed E-state index contributed by atoms with van der Waals surface area (Å²) in [5.74, 6) is -4.82. The highest BCUT2D eigenvalue weighted by molar-refractivity contribution is 7.93. The first-order valence-electron chi connectivity index (χ1n) is 10.3. The summed E-state index contributed by atoms with van der Waals surface area (Å²) in [6, 6.07) is 4.79. The summed E-state index contributed by atoms with van der Waals surface area (Å²) in [5, 5.41) is 20.4. The number of nitrogens with zero attached hydrogens (tertiary/aromatic N) is 3. The molecule has 0 saturated carbocycles. The highest BCUT2D eigenvalue weighted by Crippen LogP contribution is 2.28. The Balaban J connectivity index is 0.000000673. The van der Waals surface area contributed by atoms with Gasteiger partial charge < -0.3 is 27.0 Å². The van der Waals surface area contributed by atoms with Crippen molar-refractivity contribution in [1.29, 1.82) is 0 Å². The van der Waals surface area contributed by atoms with Crippen LogP contribution in [0.15, 0.2) is 39.5 Å². The molecule has 20 heteroatoms. The monoisotopic (exact) mass is 611 g/mol. The molecule has 0 radical (unpaired) electrons. The Kier molecular flexibility index (Phi) is 10.5. The van der Waals surface area contributed by atoms with Crippen LogP contribution in [0.2, 0.25) is 0 Å². The largest absolute Gasteiger partial charge is 0.490 e. The molecule has 14 nitrogen and oxygen atoms in total. The minimum absolute atomic E-state index is 0.0210. The van der Waals surface area contributed by atoms with Gasteiger partial charge in [0.2, 0.25) is 0 Å². The summed E-state index contributed by atoms with van der Waals surface area (Å²) in [5.41, 5.74) is 11.1. The number of amides is 1. The van der Waals surface area contributed by atoms with Gasteiger partial charge in [-0.05, 0) is 36.4 Å². The van der Waals surface area contributed by atoms with E-state index in [-0.39, 0.29) is 39.9 Å². The number of aliphatic imine (C=N–C) groups is 1. The average Bonchev–Trinajstić information content (AvgIpc) is 3.49. The number of aliphatic carboxylic acids is 2. The topological polar surface area (TPSA) is 240 Å². The molecular weight excluding hydrogens is 591 g/mol. The molecule has 2 aromatic heterocycles. The zero-order chi connectivity index (χ0) is 29.4. The first-order chi connectivity index (χ1) is 18.1. The second kappa shape index (κ2) is 13.2. The Morgan fingerprint density at radius 2 is 1.79 bits per heavy atom. The molecule has 1 atom stereocenters. The molecule has 0 aliphatic heterocycles. The zero-order valence-corrected chi connectivity index (χ0v) is 21.8. The number of anilines is 1. The number of hydrogen-bond acceptors (Lipinski definition) is 10. The van der Waals surface area contributed by atoms with Gasteiger partial charge in [-0.1, -0.05) is 6.07 Å². The number of nitrogens with one attached hydrogen (secondary N) is 2. The van der Waals surface area contributed by atoms with Gasteiger partial charge in [0.05, 0.1) is 17.4 Å². The van der Waals surface area contributed by atoms with E-state index in [2.05, 4.69) is 23.8 Å². The van der Waals surface area contributed by atoms with Crippen LogP contribution >= 0.6 is 23.1 Å². The predicted octanol–water partition coefficient (Wildman–Crippen LogP) is 1.42. The lowest BCUT2D eigenvalue weighted by molar-refractivity contribution is -0.192. The molecule has 39 heavy (non-hydrogen) atoms. The maximum atomic E-state index is 12.9. The molecule has 0 bridgehead atoms. The van der Waals surface area contributed by atoms with Gasteiger partial charge in [-0.2, -0.15) is 21.9 Å². The van der Waals surface area contributed by atoms with Crippen LogP contribution in [0, 0.1) is 0 Å². The Morgan fingerprint density at radius 1 is 1.13 bits per heavy atom. The van der Waals surface area contributed by atoms with Gasteiger partial charge in [0, 0.05) is 6.54 Å². The van der Waals surface area contributed by atoms with E-state index in [1.807, 2.05) is 0 Å². The summed E-state index contributed by atoms with van der Waals surface area (Å²) in [6.45, 7) is 0.211. The number of hydrogen-bond donors (Lipinski definition) is 6. The molecule has 0 aliphatic rings. The third-order valence-corrected chi connectivity index (χ3v) is 7.30. The molecule has 8 N–H and O–H groups in total. The van der Waals surface area contributed by atoms with Gasteiger partial charge in [0.25, 0.3) is 15.9 Å². The number of sulfonamides is 1. The minimum atomic E-state index is -5.08. The molecule has 212 valence electrons. The highest BCUT2D eigenvalue weighted by Gasteiger charge is 2.38. The first-order valence-corrected chi connectivity index (χ1v) is 13.4. The number of aromatic nitrogens is 2. The SMILES string of the molecule is NC(N)=NCCCC(NC(=O)c1sccc1NS(=O)(=O)c1cccc2nsnc12)C(=O)O.O=C(O)C(F)(F)F. The Morgan fingerprint density at radius 3 is 2.38 bits per heavy atom. The molecule has 0 saturated heterocycles. The lowest BCUT2D eigenvalue weighted by atomic mass is 10.1. The van der Waals surface area contributed by atoms with E-state index in [1.165, 1.54) is 17.5 Å². The van der Waals surface area contributed by atoms with Crippen LogP contribution in [0.5, 0.6) is 0 Å². The van der Waals surface area contributed by atoms with Gasteiger partial charge in [0.15, 0.2) is 5.96 Å². The van der Waals surface area contributed by atoms with E-state index in [9.17, 15) is 36.3 Å². The highest BCUT2D eigenvalue weighted by atomic mass is 32.2. The first kappa shape index (κ1) is 31.2. The third-order valence-electron chi connectivity index (χ3n) is 4.45. The van der Waals surface area contributed by atoms with Crippen LogP contribution in [-0.4, -0.2) is 69.9 Å². The lowest BCUT2D eigenvalue weighted by Crippen LogP contribution is -2.40. The van der Waals surface area contributed by atoms with E-state index >= 15 is 0 Å². The molecular formula is C19H20F3N7O7S3. The molecule has 1 unspecified atom stereocenters. The third kappa shape index (κ3) is 9.04. The van der Waals surface area contributed by atoms with Gasteiger partial charge in [-0.25, -0.2) is 18.0 Å². The number of thiophene rings is 1. The van der Waals surface area contributed by atoms with Crippen LogP contribution in [0.4, 0.5) is 18.9 Å². The van der Waals surface area contributed by atoms with E-state index in [0.29, 0.717) is 11.9 Å². The summed E-state index contributed by atoms with van der Waals surface area (Å²) in [6.07, 6.45) is -4.67. The van der Waals surface area contributed by atoms with Crippen molar-refractivity contribution < 1.29 is 46.2 Å². The fourth-order valence-electron chi connectivity index (χ4n) is 2.75. The van der Waals surface area contributed by atoms with Crippen LogP contribution < -0.4 is 21.5 Å². The van der Waals surface area contributed by atoms with Crippen molar-refractivity contribution in [2.75, 3.05) is 11.3 Å². The van der Waals surface area contributed by atoms with Crippen molar-refractivity contribution in [1.82, 2.24) is 14.1 Å². The molecule has 0 fully saturated rings. The van der Waals surface area contributed by atoms with E-state index in [4.69, 9.17) is 21.4 Å². The van der Waals surface area contributed by atoms with Crippen LogP contribution in [-0.2, 0) is 19.6 Å². The van der Waals surface area contributed by atoms with Gasteiger partial charge in [-0.3, -0.25) is 14.5 Å². The van der Waals surface area contributed by atoms with Crippen LogP contribution in [0.1, 0.15) is 22.5 Å². The second-order valence-corrected chi connectivity index (χ2v) is 10.4. The normalized spacial score (nSPS) is 12.1. The van der Waals surface area contributed by atoms with Crippen molar-refractivity contribution in [2.24, 2.45) is 16.5 Å². The standard InChI is InChI=1S/C17H19N7O5S3.C2HF3O2/c18-17(19)20-7-2-4-11(16(26)27)21-15(25)14-10(6-8-30-14)24-32(28,29)12-5-1-3-9-13(12)23-31-22-9;3-2(4,5)1(6)7/h1,3,5-6,8,11,24H,2,4,7H2,(H,21,25)(H,26,27)(H4,18,19,20);(H,6,7). The summed E-state index contributed by atoms with van der Waals surface area (Å²) >= 11 is 1.86. The second-order valence-electron chi connectivity index (χ2n) is 7.27. The van der Waals surface area contributed by atoms with Crippen molar-refractivity contribution in [3.05, 3.63) is 34.5 Å². The zero-order valence-electron chi connectivity index (χ0n) is 19.4. The van der Waals surface area contributed by atoms with E-state index < -0.39 is 40.1 Å². The van der Waals surface area contributed by atoms with E-state index in [1.54, 1.807) is 12.1 Å². The number of carbonyl (C=O) groups excluding carboxylic acids is 1. The fourth-order valence-corrected chi connectivity index (χ4v) is 5.40. The number of halogens is 3. The number of guanidine groups is 1. The summed E-state index contributed by atoms with van der Waals surface area (Å²) < 4.78 is 68.0. The van der Waals surface area contributed by atoms with Crippen LogP contribution in [0.3, 0.4) is 0 Å². The number of carbonyl (C=O) groups is 3. The number of fused-ring (bicyclic) bond motifs is 1. The molecule has 0 spiro atoms. The predicted molar refractivity (Wildman–Crippen MR) is 135 cm³/mol. The Hall–Kier alpha value is -4.04. The number of rotatable bonds is 10. The minimum Gasteiger partial charge on any atom is -0.480 e. The van der Waals surface area contributed by atoms with Crippen molar-refractivity contribution in [3.8, 4) is 0 Å². The van der Waals surface area contributed by atoms with Crippen molar-refractivity contribution in [2.45, 2.75) is 30.0 Å². The maximum Gasteiger partial charge on any atom is 0.490 e. The van der Waals surface area contributed by atoms with Gasteiger partial charge in [-0.15, -0.1) is 11.3 Å². The summed E-state index contributed by atoms with van der Waals surface area (Å²) in [4.78, 5) is 36.8. The number of carboxylic acid groups (broad SMARTS) is 2. The van der Waals surface area contributed by atoms with Gasteiger partial charge in [0.1, 0.15) is 26.8 Å². The summed E-state index contributed by atoms with van der Waals surface area (Å²) in [7, 11) is -4.08. The van der Waals surface area contributed by atoms with Crippen LogP contribution in [0.25, 0.3) is 11.0 Å². The molecule has 1 aromatic carbocycles. The fraction of sp³-hybridized carbons (Fsp3) is 0.263. The maximum absolute atomic E-state index is 12.9. The number of carboxylic acids is 2. The Labute approximate surface area is 225 Å². The number of alkyl halides is 3. The van der Waals surface area contributed by atoms with Gasteiger partial charge >= 0.3 is 18.1 Å². The molecule has 0 aliphatic carbocycles. The number of benzene rings is 1. The molecule has 1 amide bonds. The van der Waals surface area contributed by atoms with Crippen molar-refractivity contribution in [3.63, 3.8) is 0 Å². The van der Waals surface area contributed by atoms with E-state index in [0.717, 1.165) is 23.1 Å².